The summed E-state index contributed by atoms with van der Waals surface area (Å²) in [6, 6.07) is 7.08. The summed E-state index contributed by atoms with van der Waals surface area (Å²) in [5.41, 5.74) is 1.10. The van der Waals surface area contributed by atoms with E-state index in [1.165, 1.54) is 4.31 Å². The van der Waals surface area contributed by atoms with E-state index in [0.717, 1.165) is 18.4 Å². The van der Waals surface area contributed by atoms with Crippen LogP contribution in [0.1, 0.15) is 12.0 Å². The zero-order valence-electron chi connectivity index (χ0n) is 12.6. The van der Waals surface area contributed by atoms with Crippen LogP contribution in [0.5, 0.6) is 0 Å². The third-order valence-electron chi connectivity index (χ3n) is 3.91. The molecule has 1 aromatic carbocycles. The summed E-state index contributed by atoms with van der Waals surface area (Å²) in [5, 5.41) is 8.93. The Hall–Kier alpha value is -0.660. The molecule has 1 aromatic rings. The molecule has 1 aliphatic rings. The van der Waals surface area contributed by atoms with Gasteiger partial charge in [-0.15, -0.1) is 11.6 Å². The van der Waals surface area contributed by atoms with Crippen LogP contribution >= 0.6 is 11.6 Å². The third-order valence-corrected chi connectivity index (χ3v) is 6.09. The molecule has 1 fully saturated rings. The molecule has 0 aliphatic carbocycles. The first-order valence-electron chi connectivity index (χ1n) is 7.56. The minimum Gasteiger partial charge on any atom is -0.395 e. The van der Waals surface area contributed by atoms with E-state index >= 15 is 0 Å². The second kappa shape index (κ2) is 8.26. The fourth-order valence-corrected chi connectivity index (χ4v) is 4.14. The molecule has 0 aromatic heterocycles. The zero-order chi connectivity index (χ0) is 16.0. The lowest BCUT2D eigenvalue weighted by Crippen LogP contribution is -2.49. The van der Waals surface area contributed by atoms with Crippen molar-refractivity contribution in [3.8, 4) is 0 Å². The van der Waals surface area contributed by atoms with Crippen molar-refractivity contribution in [2.24, 2.45) is 0 Å². The van der Waals surface area contributed by atoms with Crippen molar-refractivity contribution in [3.63, 3.8) is 0 Å². The Kier molecular flexibility index (Phi) is 6.65. The van der Waals surface area contributed by atoms with E-state index in [9.17, 15) is 8.42 Å². The molecular formula is C15H23ClN2O3S. The maximum atomic E-state index is 12.6. The van der Waals surface area contributed by atoms with Gasteiger partial charge in [-0.3, -0.25) is 4.90 Å². The van der Waals surface area contributed by atoms with Gasteiger partial charge in [0.1, 0.15) is 0 Å². The number of halogens is 1. The van der Waals surface area contributed by atoms with Gasteiger partial charge < -0.3 is 5.11 Å². The van der Waals surface area contributed by atoms with Crippen LogP contribution in [0.3, 0.4) is 0 Å². The van der Waals surface area contributed by atoms with Gasteiger partial charge in [-0.1, -0.05) is 12.1 Å². The highest BCUT2D eigenvalue weighted by atomic mass is 35.5. The SMILES string of the molecule is O=S(=O)(c1ccc(CCCCl)cc1)N1CCN(CCO)CC1. The zero-order valence-corrected chi connectivity index (χ0v) is 14.2. The number of aliphatic hydroxyl groups excluding tert-OH is 1. The second-order valence-corrected chi connectivity index (χ2v) is 7.72. The maximum absolute atomic E-state index is 12.6. The topological polar surface area (TPSA) is 60.9 Å². The average molecular weight is 347 g/mol. The van der Waals surface area contributed by atoms with Crippen LogP contribution in [0.25, 0.3) is 0 Å². The van der Waals surface area contributed by atoms with Gasteiger partial charge in [0.2, 0.25) is 10.0 Å². The number of nitrogens with zero attached hydrogens (tertiary/aromatic N) is 2. The van der Waals surface area contributed by atoms with Crippen LogP contribution in [0.4, 0.5) is 0 Å². The summed E-state index contributed by atoms with van der Waals surface area (Å²) >= 11 is 5.67. The molecule has 0 amide bonds. The number of aryl methyl sites for hydroxylation is 1. The van der Waals surface area contributed by atoms with Crippen LogP contribution in [0.2, 0.25) is 0 Å². The molecule has 0 radical (unpaired) electrons. The van der Waals surface area contributed by atoms with Crippen molar-refractivity contribution in [1.29, 1.82) is 0 Å². The molecule has 0 spiro atoms. The predicted octanol–water partition coefficient (Wildman–Crippen LogP) is 1.16. The smallest absolute Gasteiger partial charge is 0.243 e. The normalized spacial score (nSPS) is 17.7. The van der Waals surface area contributed by atoms with Crippen molar-refractivity contribution in [1.82, 2.24) is 9.21 Å². The van der Waals surface area contributed by atoms with E-state index in [4.69, 9.17) is 16.7 Å². The highest BCUT2D eigenvalue weighted by molar-refractivity contribution is 7.89. The minimum atomic E-state index is -3.42. The summed E-state index contributed by atoms with van der Waals surface area (Å²) in [5.74, 6) is 0.609. The highest BCUT2D eigenvalue weighted by Crippen LogP contribution is 2.18. The molecule has 1 saturated heterocycles. The van der Waals surface area contributed by atoms with E-state index in [2.05, 4.69) is 4.90 Å². The largest absolute Gasteiger partial charge is 0.395 e. The number of alkyl halides is 1. The van der Waals surface area contributed by atoms with Gasteiger partial charge in [0.25, 0.3) is 0 Å². The summed E-state index contributed by atoms with van der Waals surface area (Å²) in [4.78, 5) is 2.42. The van der Waals surface area contributed by atoms with Crippen molar-refractivity contribution in [3.05, 3.63) is 29.8 Å². The first kappa shape index (κ1) is 17.7. The van der Waals surface area contributed by atoms with E-state index in [-0.39, 0.29) is 6.61 Å². The molecule has 1 N–H and O–H groups in total. The lowest BCUT2D eigenvalue weighted by Gasteiger charge is -2.33. The Labute approximate surface area is 137 Å². The molecule has 2 rings (SSSR count). The predicted molar refractivity (Wildman–Crippen MR) is 87.8 cm³/mol. The van der Waals surface area contributed by atoms with Crippen LogP contribution < -0.4 is 0 Å². The van der Waals surface area contributed by atoms with Crippen molar-refractivity contribution in [2.45, 2.75) is 17.7 Å². The van der Waals surface area contributed by atoms with Crippen LogP contribution in [-0.4, -0.2) is 67.9 Å². The van der Waals surface area contributed by atoms with E-state index in [1.54, 1.807) is 12.1 Å². The number of rotatable bonds is 7. The van der Waals surface area contributed by atoms with Crippen LogP contribution in [-0.2, 0) is 16.4 Å². The van der Waals surface area contributed by atoms with Gasteiger partial charge in [-0.05, 0) is 30.5 Å². The number of benzene rings is 1. The first-order chi connectivity index (χ1) is 10.6. The van der Waals surface area contributed by atoms with Gasteiger partial charge in [-0.25, -0.2) is 8.42 Å². The number of β-amino-alcohol motifs (C(OH)–C–C–N with tert-alkyl or cyclic N) is 1. The fourth-order valence-electron chi connectivity index (χ4n) is 2.58. The van der Waals surface area contributed by atoms with Gasteiger partial charge in [0.05, 0.1) is 11.5 Å². The van der Waals surface area contributed by atoms with Gasteiger partial charge in [0.15, 0.2) is 0 Å². The van der Waals surface area contributed by atoms with E-state index in [1.807, 2.05) is 12.1 Å². The maximum Gasteiger partial charge on any atom is 0.243 e. The molecule has 1 aliphatic heterocycles. The second-order valence-electron chi connectivity index (χ2n) is 5.41. The molecule has 7 heteroatoms. The number of aliphatic hydroxyl groups is 1. The number of hydrogen-bond donors (Lipinski definition) is 1. The molecular weight excluding hydrogens is 324 g/mol. The Morgan fingerprint density at radius 1 is 1.09 bits per heavy atom. The third kappa shape index (κ3) is 4.43. The number of hydrogen-bond acceptors (Lipinski definition) is 4. The van der Waals surface area contributed by atoms with Crippen molar-refractivity contribution >= 4 is 21.6 Å². The molecule has 0 saturated carbocycles. The first-order valence-corrected chi connectivity index (χ1v) is 9.53. The molecule has 124 valence electrons. The molecule has 22 heavy (non-hydrogen) atoms. The molecule has 1 heterocycles. The molecule has 0 bridgehead atoms. The Bertz CT molecular complexity index is 555. The average Bonchev–Trinajstić information content (AvgIpc) is 2.54. The van der Waals surface area contributed by atoms with Gasteiger partial charge in [0, 0.05) is 38.6 Å². The summed E-state index contributed by atoms with van der Waals surface area (Å²) in [6.45, 7) is 2.97. The standard InChI is InChI=1S/C15H23ClN2O3S/c16-7-1-2-14-3-5-15(6-4-14)22(20,21)18-10-8-17(9-11-18)12-13-19/h3-6,19H,1-2,7-13H2. The number of sulfonamides is 1. The van der Waals surface area contributed by atoms with Crippen molar-refractivity contribution in [2.75, 3.05) is 45.2 Å². The summed E-state index contributed by atoms with van der Waals surface area (Å²) < 4.78 is 26.8. The van der Waals surface area contributed by atoms with E-state index < -0.39 is 10.0 Å². The van der Waals surface area contributed by atoms with Crippen LogP contribution in [0, 0.1) is 0 Å². The molecule has 5 nitrogen and oxygen atoms in total. The quantitative estimate of drug-likeness (QED) is 0.753. The monoisotopic (exact) mass is 346 g/mol. The Morgan fingerprint density at radius 3 is 2.27 bits per heavy atom. The molecule has 0 unspecified atom stereocenters. The lowest BCUT2D eigenvalue weighted by molar-refractivity contribution is 0.151. The lowest BCUT2D eigenvalue weighted by atomic mass is 10.1. The van der Waals surface area contributed by atoms with Crippen molar-refractivity contribution < 1.29 is 13.5 Å². The highest BCUT2D eigenvalue weighted by Gasteiger charge is 2.28. The minimum absolute atomic E-state index is 0.108. The van der Waals surface area contributed by atoms with Gasteiger partial charge in [-0.2, -0.15) is 4.31 Å². The summed E-state index contributed by atoms with van der Waals surface area (Å²) in [6.07, 6.45) is 1.75. The fraction of sp³-hybridized carbons (Fsp3) is 0.600. The number of piperazine rings is 1. The van der Waals surface area contributed by atoms with Crippen LogP contribution in [0.15, 0.2) is 29.2 Å². The van der Waals surface area contributed by atoms with Gasteiger partial charge >= 0.3 is 0 Å². The summed E-state index contributed by atoms with van der Waals surface area (Å²) in [7, 11) is -3.42. The van der Waals surface area contributed by atoms with E-state index in [0.29, 0.717) is 43.5 Å². The molecule has 0 atom stereocenters. The Balaban J connectivity index is 2.01. The Morgan fingerprint density at radius 2 is 1.73 bits per heavy atom.